The zero-order valence-electron chi connectivity index (χ0n) is 12.6. The van der Waals surface area contributed by atoms with E-state index in [1.807, 2.05) is 42.5 Å². The summed E-state index contributed by atoms with van der Waals surface area (Å²) in [6.45, 7) is -0.0150. The van der Waals surface area contributed by atoms with Crippen molar-refractivity contribution in [1.29, 1.82) is 0 Å². The van der Waals surface area contributed by atoms with Gasteiger partial charge in [-0.25, -0.2) is 0 Å². The zero-order valence-corrected chi connectivity index (χ0v) is 12.6. The van der Waals surface area contributed by atoms with Gasteiger partial charge in [0.15, 0.2) is 0 Å². The van der Waals surface area contributed by atoms with Crippen molar-refractivity contribution in [3.63, 3.8) is 0 Å². The highest BCUT2D eigenvalue weighted by atomic mass is 16.3. The van der Waals surface area contributed by atoms with Crippen LogP contribution in [-0.4, -0.2) is 11.0 Å². The Bertz CT molecular complexity index is 647. The number of carbonyl (C=O) groups excluding carboxylic acids is 1. The van der Waals surface area contributed by atoms with E-state index in [9.17, 15) is 9.90 Å². The van der Waals surface area contributed by atoms with Gasteiger partial charge in [0.25, 0.3) is 0 Å². The lowest BCUT2D eigenvalue weighted by Gasteiger charge is -2.40. The van der Waals surface area contributed by atoms with Crippen LogP contribution in [0.1, 0.15) is 30.4 Å². The molecule has 1 amide bonds. The normalized spacial score (nSPS) is 15.9. The molecule has 0 aliphatic heterocycles. The number of aliphatic hydroxyl groups excluding tert-OH is 1. The van der Waals surface area contributed by atoms with Gasteiger partial charge in [0.05, 0.1) is 12.0 Å². The van der Waals surface area contributed by atoms with E-state index in [1.165, 1.54) is 5.56 Å². The number of anilines is 1. The molecule has 0 aromatic heterocycles. The molecule has 2 aromatic rings. The van der Waals surface area contributed by atoms with Gasteiger partial charge in [0, 0.05) is 5.69 Å². The molecule has 1 aliphatic rings. The molecule has 0 spiro atoms. The summed E-state index contributed by atoms with van der Waals surface area (Å²) < 4.78 is 0. The van der Waals surface area contributed by atoms with Crippen LogP contribution in [0.4, 0.5) is 5.69 Å². The fourth-order valence-corrected chi connectivity index (χ4v) is 3.09. The summed E-state index contributed by atoms with van der Waals surface area (Å²) in [5, 5.41) is 12.2. The highest BCUT2D eigenvalue weighted by molar-refractivity contribution is 5.96. The van der Waals surface area contributed by atoms with E-state index in [4.69, 9.17) is 0 Å². The van der Waals surface area contributed by atoms with Crippen molar-refractivity contribution in [2.24, 2.45) is 5.41 Å². The Labute approximate surface area is 131 Å². The van der Waals surface area contributed by atoms with Gasteiger partial charge in [-0.15, -0.1) is 0 Å². The van der Waals surface area contributed by atoms with Crippen molar-refractivity contribution < 1.29 is 9.90 Å². The molecule has 1 aliphatic carbocycles. The Hall–Kier alpha value is -2.13. The van der Waals surface area contributed by atoms with E-state index in [0.29, 0.717) is 0 Å². The van der Waals surface area contributed by atoms with Crippen LogP contribution in [0.2, 0.25) is 0 Å². The lowest BCUT2D eigenvalue weighted by Crippen LogP contribution is -2.43. The van der Waals surface area contributed by atoms with E-state index < -0.39 is 0 Å². The first-order valence-corrected chi connectivity index (χ1v) is 7.77. The van der Waals surface area contributed by atoms with E-state index in [1.54, 1.807) is 0 Å². The molecule has 2 N–H and O–H groups in total. The molecular weight excluding hydrogens is 274 g/mol. The van der Waals surface area contributed by atoms with Gasteiger partial charge in [0.2, 0.25) is 5.91 Å². The molecule has 0 heterocycles. The summed E-state index contributed by atoms with van der Waals surface area (Å²) in [6.07, 6.45) is 3.77. The van der Waals surface area contributed by atoms with Crippen LogP contribution in [0.25, 0.3) is 0 Å². The molecule has 3 nitrogen and oxygen atoms in total. The summed E-state index contributed by atoms with van der Waals surface area (Å²) in [7, 11) is 0. The monoisotopic (exact) mass is 295 g/mol. The second-order valence-corrected chi connectivity index (χ2v) is 6.11. The summed E-state index contributed by atoms with van der Waals surface area (Å²) in [6, 6.07) is 17.6. The van der Waals surface area contributed by atoms with Crippen LogP contribution < -0.4 is 5.32 Å². The highest BCUT2D eigenvalue weighted by Crippen LogP contribution is 2.44. The van der Waals surface area contributed by atoms with Crippen molar-refractivity contribution in [3.05, 3.63) is 65.7 Å². The maximum Gasteiger partial charge on any atom is 0.230 e. The second kappa shape index (κ2) is 6.32. The smallest absolute Gasteiger partial charge is 0.230 e. The first-order chi connectivity index (χ1) is 10.7. The molecule has 2 aromatic carbocycles. The number of carbonyl (C=O) groups is 1. The van der Waals surface area contributed by atoms with Crippen molar-refractivity contribution in [2.75, 3.05) is 5.32 Å². The first-order valence-electron chi connectivity index (χ1n) is 7.77. The van der Waals surface area contributed by atoms with Crippen molar-refractivity contribution in [1.82, 2.24) is 0 Å². The van der Waals surface area contributed by atoms with Gasteiger partial charge in [-0.1, -0.05) is 48.9 Å². The number of benzene rings is 2. The average molecular weight is 295 g/mol. The van der Waals surface area contributed by atoms with Gasteiger partial charge >= 0.3 is 0 Å². The lowest BCUT2D eigenvalue weighted by molar-refractivity contribution is -0.130. The molecule has 0 bridgehead atoms. The van der Waals surface area contributed by atoms with Gasteiger partial charge in [-0.05, 0) is 42.5 Å². The van der Waals surface area contributed by atoms with Crippen LogP contribution in [0.5, 0.6) is 0 Å². The van der Waals surface area contributed by atoms with Gasteiger partial charge < -0.3 is 10.4 Å². The third kappa shape index (κ3) is 3.04. The Balaban J connectivity index is 1.74. The first kappa shape index (κ1) is 14.8. The average Bonchev–Trinajstić information content (AvgIpc) is 2.52. The maximum absolute atomic E-state index is 12.7. The Morgan fingerprint density at radius 3 is 2.41 bits per heavy atom. The van der Waals surface area contributed by atoms with Gasteiger partial charge in [-0.3, -0.25) is 4.79 Å². The topological polar surface area (TPSA) is 49.3 Å². The molecule has 114 valence electrons. The number of hydrogen-bond acceptors (Lipinski definition) is 2. The quantitative estimate of drug-likeness (QED) is 0.886. The van der Waals surface area contributed by atoms with E-state index >= 15 is 0 Å². The van der Waals surface area contributed by atoms with E-state index in [-0.39, 0.29) is 17.9 Å². The number of rotatable bonds is 5. The van der Waals surface area contributed by atoms with Crippen LogP contribution in [-0.2, 0) is 17.8 Å². The minimum Gasteiger partial charge on any atom is -0.392 e. The summed E-state index contributed by atoms with van der Waals surface area (Å²) in [4.78, 5) is 12.7. The lowest BCUT2D eigenvalue weighted by atomic mass is 9.64. The standard InChI is InChI=1S/C19H21NO2/c21-14-16-8-4-9-17(12-16)20-18(22)19(10-5-11-19)13-15-6-2-1-3-7-15/h1-4,6-9,12,21H,5,10-11,13-14H2,(H,20,22). The summed E-state index contributed by atoms with van der Waals surface area (Å²) in [5.74, 6) is 0.0951. The third-order valence-corrected chi connectivity index (χ3v) is 4.55. The van der Waals surface area contributed by atoms with Crippen molar-refractivity contribution in [2.45, 2.75) is 32.3 Å². The summed E-state index contributed by atoms with van der Waals surface area (Å²) >= 11 is 0. The number of nitrogens with one attached hydrogen (secondary N) is 1. The second-order valence-electron chi connectivity index (χ2n) is 6.11. The maximum atomic E-state index is 12.7. The molecule has 0 atom stereocenters. The van der Waals surface area contributed by atoms with E-state index in [0.717, 1.165) is 36.9 Å². The van der Waals surface area contributed by atoms with Crippen LogP contribution in [0, 0.1) is 5.41 Å². The van der Waals surface area contributed by atoms with Crippen LogP contribution >= 0.6 is 0 Å². The van der Waals surface area contributed by atoms with Gasteiger partial charge in [0.1, 0.15) is 0 Å². The summed E-state index contributed by atoms with van der Waals surface area (Å²) in [5.41, 5.74) is 2.50. The largest absolute Gasteiger partial charge is 0.392 e. The molecule has 1 fully saturated rings. The Morgan fingerprint density at radius 2 is 1.77 bits per heavy atom. The molecular formula is C19H21NO2. The minimum atomic E-state index is -0.281. The Kier molecular flexibility index (Phi) is 4.25. The predicted octanol–water partition coefficient (Wildman–Crippen LogP) is 3.53. The number of aliphatic hydroxyl groups is 1. The van der Waals surface area contributed by atoms with Crippen LogP contribution in [0.3, 0.4) is 0 Å². The molecule has 3 rings (SSSR count). The molecule has 0 saturated heterocycles. The highest BCUT2D eigenvalue weighted by Gasteiger charge is 2.43. The molecule has 1 saturated carbocycles. The molecule has 3 heteroatoms. The number of amides is 1. The van der Waals surface area contributed by atoms with E-state index in [2.05, 4.69) is 17.4 Å². The molecule has 22 heavy (non-hydrogen) atoms. The van der Waals surface area contributed by atoms with Crippen molar-refractivity contribution >= 4 is 11.6 Å². The van der Waals surface area contributed by atoms with Crippen LogP contribution in [0.15, 0.2) is 54.6 Å². The predicted molar refractivity (Wildman–Crippen MR) is 87.4 cm³/mol. The zero-order chi connectivity index (χ0) is 15.4. The fourth-order valence-electron chi connectivity index (χ4n) is 3.09. The number of hydrogen-bond donors (Lipinski definition) is 2. The van der Waals surface area contributed by atoms with Crippen molar-refractivity contribution in [3.8, 4) is 0 Å². The van der Waals surface area contributed by atoms with Gasteiger partial charge in [-0.2, -0.15) is 0 Å². The molecule has 0 radical (unpaired) electrons. The molecule has 0 unspecified atom stereocenters. The fraction of sp³-hybridized carbons (Fsp3) is 0.316. The minimum absolute atomic E-state index is 0.0150. The SMILES string of the molecule is O=C(Nc1cccc(CO)c1)C1(Cc2ccccc2)CCC1. The Morgan fingerprint density at radius 1 is 1.05 bits per heavy atom. The third-order valence-electron chi connectivity index (χ3n) is 4.55.